The molecule has 2 aromatic heterocycles. The van der Waals surface area contributed by atoms with Crippen LogP contribution in [0.3, 0.4) is 0 Å². The number of aromatic nitrogens is 2. The summed E-state index contributed by atoms with van der Waals surface area (Å²) in [5.41, 5.74) is 4.66. The van der Waals surface area contributed by atoms with Crippen molar-refractivity contribution in [3.63, 3.8) is 0 Å². The molecular formula is C27H29N5O2. The lowest BCUT2D eigenvalue weighted by atomic mass is 9.80. The summed E-state index contributed by atoms with van der Waals surface area (Å²) in [4.78, 5) is 25.1. The smallest absolute Gasteiger partial charge is 0.252 e. The van der Waals surface area contributed by atoms with E-state index in [0.29, 0.717) is 17.1 Å². The van der Waals surface area contributed by atoms with Gasteiger partial charge in [-0.3, -0.25) is 4.79 Å². The third-order valence-electron chi connectivity index (χ3n) is 7.09. The van der Waals surface area contributed by atoms with Crippen molar-refractivity contribution in [2.45, 2.75) is 50.7 Å². The van der Waals surface area contributed by atoms with E-state index in [0.717, 1.165) is 61.0 Å². The molecule has 1 aromatic carbocycles. The quantitative estimate of drug-likeness (QED) is 0.407. The van der Waals surface area contributed by atoms with E-state index in [1.807, 2.05) is 25.2 Å². The Labute approximate surface area is 199 Å². The van der Waals surface area contributed by atoms with Crippen molar-refractivity contribution in [3.8, 4) is 6.07 Å². The number of benzene rings is 1. The molecule has 7 heteroatoms. The Kier molecular flexibility index (Phi) is 6.06. The monoisotopic (exact) mass is 455 g/mol. The molecule has 2 saturated carbocycles. The number of aryl methyl sites for hydroxylation is 1. The first-order valence-corrected chi connectivity index (χ1v) is 12.0. The fraction of sp³-hybridized carbons (Fsp3) is 0.407. The third-order valence-corrected chi connectivity index (χ3v) is 7.09. The zero-order chi connectivity index (χ0) is 23.7. The average molecular weight is 456 g/mol. The maximum Gasteiger partial charge on any atom is 0.252 e. The zero-order valence-corrected chi connectivity index (χ0v) is 19.6. The number of nitrogens with zero attached hydrogens (tertiary/aromatic N) is 5. The summed E-state index contributed by atoms with van der Waals surface area (Å²) in [6.45, 7) is 0. The molecule has 2 fully saturated rings. The van der Waals surface area contributed by atoms with E-state index in [2.05, 4.69) is 33.2 Å². The highest BCUT2D eigenvalue weighted by Gasteiger charge is 2.30. The van der Waals surface area contributed by atoms with Crippen molar-refractivity contribution in [2.24, 2.45) is 18.1 Å². The van der Waals surface area contributed by atoms with Crippen LogP contribution in [0.25, 0.3) is 11.0 Å². The third kappa shape index (κ3) is 4.41. The fourth-order valence-electron chi connectivity index (χ4n) is 4.85. The van der Waals surface area contributed by atoms with Crippen LogP contribution in [0.5, 0.6) is 0 Å². The zero-order valence-electron chi connectivity index (χ0n) is 19.6. The first-order chi connectivity index (χ1) is 16.5. The van der Waals surface area contributed by atoms with Crippen LogP contribution >= 0.6 is 0 Å². The summed E-state index contributed by atoms with van der Waals surface area (Å²) < 4.78 is 1.58. The SMILES string of the molecule is CN(c1cc(=O)n(C)c2ccc(C#N)nc12)C1CCC(/C(=N/OC2CC2)c2ccccc2)CC1. The van der Waals surface area contributed by atoms with Crippen LogP contribution < -0.4 is 10.5 Å². The first kappa shape index (κ1) is 22.1. The van der Waals surface area contributed by atoms with Crippen molar-refractivity contribution in [3.05, 3.63) is 70.1 Å². The summed E-state index contributed by atoms with van der Waals surface area (Å²) >= 11 is 0. The Balaban J connectivity index is 1.38. The minimum atomic E-state index is -0.0785. The summed E-state index contributed by atoms with van der Waals surface area (Å²) in [7, 11) is 3.77. The van der Waals surface area contributed by atoms with Gasteiger partial charge in [-0.1, -0.05) is 35.5 Å². The molecule has 0 bridgehead atoms. The Morgan fingerprint density at radius 1 is 1.12 bits per heavy atom. The van der Waals surface area contributed by atoms with Gasteiger partial charge >= 0.3 is 0 Å². The van der Waals surface area contributed by atoms with Crippen molar-refractivity contribution in [2.75, 3.05) is 11.9 Å². The van der Waals surface area contributed by atoms with Crippen LogP contribution in [0, 0.1) is 17.2 Å². The van der Waals surface area contributed by atoms with Gasteiger partial charge in [0.2, 0.25) is 0 Å². The van der Waals surface area contributed by atoms with Gasteiger partial charge in [0.1, 0.15) is 23.4 Å². The summed E-state index contributed by atoms with van der Waals surface area (Å²) in [6.07, 6.45) is 6.41. The van der Waals surface area contributed by atoms with Crippen LogP contribution in [0.4, 0.5) is 5.69 Å². The molecule has 2 heterocycles. The minimum absolute atomic E-state index is 0.0785. The van der Waals surface area contributed by atoms with Gasteiger partial charge in [-0.25, -0.2) is 4.98 Å². The van der Waals surface area contributed by atoms with Crippen molar-refractivity contribution in [1.82, 2.24) is 9.55 Å². The topological polar surface area (TPSA) is 83.5 Å². The Morgan fingerprint density at radius 3 is 2.53 bits per heavy atom. The highest BCUT2D eigenvalue weighted by atomic mass is 16.6. The lowest BCUT2D eigenvalue weighted by molar-refractivity contribution is 0.127. The van der Waals surface area contributed by atoms with Crippen LogP contribution in [0.15, 0.2) is 58.5 Å². The fourth-order valence-corrected chi connectivity index (χ4v) is 4.85. The van der Waals surface area contributed by atoms with E-state index >= 15 is 0 Å². The highest BCUT2D eigenvalue weighted by molar-refractivity contribution is 6.02. The van der Waals surface area contributed by atoms with E-state index in [1.165, 1.54) is 0 Å². The molecule has 0 N–H and O–H groups in total. The van der Waals surface area contributed by atoms with Crippen LogP contribution in [-0.2, 0) is 11.9 Å². The molecule has 0 aliphatic heterocycles. The molecule has 0 radical (unpaired) electrons. The number of fused-ring (bicyclic) bond motifs is 1. The number of hydrogen-bond donors (Lipinski definition) is 0. The average Bonchev–Trinajstić information content (AvgIpc) is 3.71. The van der Waals surface area contributed by atoms with E-state index in [4.69, 9.17) is 4.84 Å². The molecule has 7 nitrogen and oxygen atoms in total. The highest BCUT2D eigenvalue weighted by Crippen LogP contribution is 2.34. The number of nitriles is 1. The van der Waals surface area contributed by atoms with Crippen molar-refractivity contribution < 1.29 is 4.84 Å². The van der Waals surface area contributed by atoms with Crippen LogP contribution in [0.2, 0.25) is 0 Å². The number of rotatable bonds is 6. The van der Waals surface area contributed by atoms with Crippen LogP contribution in [-0.4, -0.2) is 34.5 Å². The van der Waals surface area contributed by atoms with E-state index in [9.17, 15) is 10.1 Å². The molecule has 0 unspecified atom stereocenters. The van der Waals surface area contributed by atoms with Crippen molar-refractivity contribution >= 4 is 22.4 Å². The first-order valence-electron chi connectivity index (χ1n) is 12.0. The Bertz CT molecular complexity index is 1310. The van der Waals surface area contributed by atoms with E-state index in [1.54, 1.807) is 29.8 Å². The van der Waals surface area contributed by atoms with Gasteiger partial charge in [0.15, 0.2) is 0 Å². The van der Waals surface area contributed by atoms with Gasteiger partial charge in [-0.2, -0.15) is 5.26 Å². The Morgan fingerprint density at radius 2 is 1.85 bits per heavy atom. The van der Waals surface area contributed by atoms with Gasteiger partial charge in [0.05, 0.1) is 16.9 Å². The Hall–Kier alpha value is -3.66. The summed E-state index contributed by atoms with van der Waals surface area (Å²) in [6, 6.07) is 17.8. The maximum absolute atomic E-state index is 12.6. The van der Waals surface area contributed by atoms with Gasteiger partial charge in [0.25, 0.3) is 5.56 Å². The van der Waals surface area contributed by atoms with Crippen molar-refractivity contribution in [1.29, 1.82) is 5.26 Å². The van der Waals surface area contributed by atoms with E-state index in [-0.39, 0.29) is 17.7 Å². The summed E-state index contributed by atoms with van der Waals surface area (Å²) in [5, 5.41) is 13.9. The molecule has 5 rings (SSSR count). The molecule has 174 valence electrons. The molecule has 2 aliphatic carbocycles. The summed E-state index contributed by atoms with van der Waals surface area (Å²) in [5.74, 6) is 0.342. The van der Waals surface area contributed by atoms with Gasteiger partial charge < -0.3 is 14.3 Å². The largest absolute Gasteiger partial charge is 0.392 e. The predicted molar refractivity (Wildman–Crippen MR) is 133 cm³/mol. The number of pyridine rings is 2. The van der Waals surface area contributed by atoms with Gasteiger partial charge in [-0.15, -0.1) is 0 Å². The molecule has 0 saturated heterocycles. The second kappa shape index (κ2) is 9.30. The van der Waals surface area contributed by atoms with E-state index < -0.39 is 0 Å². The van der Waals surface area contributed by atoms with Crippen LogP contribution in [0.1, 0.15) is 49.8 Å². The predicted octanol–water partition coefficient (Wildman–Crippen LogP) is 4.38. The minimum Gasteiger partial charge on any atom is -0.392 e. The molecule has 2 aliphatic rings. The molecule has 3 aromatic rings. The normalized spacial score (nSPS) is 20.7. The maximum atomic E-state index is 12.6. The molecular weight excluding hydrogens is 426 g/mol. The standard InChI is InChI=1S/C27H29N5O2/c1-31(24-16-25(33)32(2)23-15-10-20(17-28)29-27(23)24)21-11-8-19(9-12-21)26(30-34-22-13-14-22)18-6-4-3-5-7-18/h3-7,10,15-16,19,21-22H,8-9,11-14H2,1-2H3/b30-26+. The number of hydrogen-bond acceptors (Lipinski definition) is 6. The molecule has 34 heavy (non-hydrogen) atoms. The van der Waals surface area contributed by atoms with Gasteiger partial charge in [-0.05, 0) is 56.2 Å². The second-order valence-corrected chi connectivity index (χ2v) is 9.37. The lowest BCUT2D eigenvalue weighted by Gasteiger charge is -2.36. The number of anilines is 1. The van der Waals surface area contributed by atoms with Gasteiger partial charge in [0, 0.05) is 32.1 Å². The number of oxime groups is 1. The second-order valence-electron chi connectivity index (χ2n) is 9.37. The lowest BCUT2D eigenvalue weighted by Crippen LogP contribution is -2.38. The molecule has 0 amide bonds. The molecule has 0 atom stereocenters. The molecule has 0 spiro atoms.